The van der Waals surface area contributed by atoms with Crippen molar-refractivity contribution in [2.75, 3.05) is 18.0 Å². The van der Waals surface area contributed by atoms with Crippen LogP contribution in [-0.2, 0) is 39.0 Å². The molecule has 2 aliphatic heterocycles. The minimum atomic E-state index is -3.61. The second-order valence-electron chi connectivity index (χ2n) is 8.05. The topological polar surface area (TPSA) is 146 Å². The summed E-state index contributed by atoms with van der Waals surface area (Å²) in [6.07, 6.45) is 5.60. The normalized spacial score (nSPS) is 15.1. The third kappa shape index (κ3) is 6.02. The number of carbonyl (C=O) groups excluding carboxylic acids is 1. The molecule has 9 nitrogen and oxygen atoms in total. The van der Waals surface area contributed by atoms with Crippen molar-refractivity contribution in [1.82, 2.24) is 10.3 Å². The SMILES string of the molecule is CCc1c[nH]c2cc(S(N)(=O)=O)ccc12.O=C1CCCN1c1ccc2c(c1)CNCC2.O=CO. The van der Waals surface area contributed by atoms with E-state index in [2.05, 4.69) is 35.4 Å². The Kier molecular flexibility index (Phi) is 8.43. The van der Waals surface area contributed by atoms with E-state index in [4.69, 9.17) is 15.0 Å². The fourth-order valence-corrected chi connectivity index (χ4v) is 4.73. The first-order chi connectivity index (χ1) is 16.3. The molecule has 2 aromatic carbocycles. The quantitative estimate of drug-likeness (QED) is 0.419. The van der Waals surface area contributed by atoms with Crippen LogP contribution in [0.4, 0.5) is 5.69 Å². The van der Waals surface area contributed by atoms with E-state index >= 15 is 0 Å². The van der Waals surface area contributed by atoms with Crippen molar-refractivity contribution < 1.29 is 23.1 Å². The lowest BCUT2D eigenvalue weighted by atomic mass is 10.0. The van der Waals surface area contributed by atoms with Crippen LogP contribution in [0, 0.1) is 0 Å². The zero-order chi connectivity index (χ0) is 24.7. The van der Waals surface area contributed by atoms with Crippen molar-refractivity contribution in [2.24, 2.45) is 5.14 Å². The van der Waals surface area contributed by atoms with Crippen molar-refractivity contribution in [3.05, 3.63) is 59.3 Å². The molecule has 34 heavy (non-hydrogen) atoms. The van der Waals surface area contributed by atoms with Gasteiger partial charge in [0.05, 0.1) is 4.90 Å². The van der Waals surface area contributed by atoms with E-state index in [0.29, 0.717) is 6.42 Å². The van der Waals surface area contributed by atoms with Crippen LogP contribution in [-0.4, -0.2) is 44.0 Å². The predicted octanol–water partition coefficient (Wildman–Crippen LogP) is 2.54. The number of aryl methyl sites for hydroxylation is 1. The number of fused-ring (bicyclic) bond motifs is 2. The smallest absolute Gasteiger partial charge is 0.290 e. The molecule has 3 heterocycles. The molecule has 1 amide bonds. The first-order valence-electron chi connectivity index (χ1n) is 11.1. The maximum atomic E-state index is 11.7. The van der Waals surface area contributed by atoms with E-state index in [9.17, 15) is 13.2 Å². The molecular weight excluding hydrogens is 456 g/mol. The number of carboxylic acid groups (broad SMARTS) is 1. The van der Waals surface area contributed by atoms with E-state index in [1.165, 1.54) is 22.8 Å². The number of hydrogen-bond acceptors (Lipinski definition) is 5. The Morgan fingerprint density at radius 3 is 2.56 bits per heavy atom. The highest BCUT2D eigenvalue weighted by Gasteiger charge is 2.22. The molecule has 0 radical (unpaired) electrons. The molecule has 0 saturated carbocycles. The molecule has 182 valence electrons. The molecule has 5 rings (SSSR count). The third-order valence-corrected chi connectivity index (χ3v) is 6.82. The number of nitrogens with zero attached hydrogens (tertiary/aromatic N) is 1. The first kappa shape index (κ1) is 25.4. The molecule has 0 aliphatic carbocycles. The second kappa shape index (κ2) is 11.3. The molecular formula is C24H30N4O5S. The molecule has 0 bridgehead atoms. The van der Waals surface area contributed by atoms with Gasteiger partial charge in [-0.1, -0.05) is 19.1 Å². The van der Waals surface area contributed by atoms with Crippen molar-refractivity contribution >= 4 is 39.0 Å². The molecule has 1 fully saturated rings. The number of aromatic nitrogens is 1. The zero-order valence-electron chi connectivity index (χ0n) is 19.1. The summed E-state index contributed by atoms with van der Waals surface area (Å²) >= 11 is 0. The van der Waals surface area contributed by atoms with Gasteiger partial charge in [0.15, 0.2) is 0 Å². The molecule has 3 aromatic rings. The van der Waals surface area contributed by atoms with Crippen LogP contribution in [0.1, 0.15) is 36.5 Å². The molecule has 0 atom stereocenters. The average molecular weight is 487 g/mol. The van der Waals surface area contributed by atoms with Crippen molar-refractivity contribution in [1.29, 1.82) is 0 Å². The van der Waals surface area contributed by atoms with Crippen LogP contribution in [0.15, 0.2) is 47.5 Å². The van der Waals surface area contributed by atoms with Crippen molar-refractivity contribution in [2.45, 2.75) is 44.0 Å². The number of sulfonamides is 1. The molecule has 1 saturated heterocycles. The van der Waals surface area contributed by atoms with E-state index < -0.39 is 10.0 Å². The first-order valence-corrected chi connectivity index (χ1v) is 12.7. The predicted molar refractivity (Wildman–Crippen MR) is 131 cm³/mol. The standard InChI is InChI=1S/C13H16N2O.C10H12N2O2S.CH2O2/c16-13-2-1-7-15(13)12-4-3-10-5-6-14-9-11(10)8-12;1-2-7-6-12-10-5-8(15(11,13)14)3-4-9(7)10;2-1-3/h3-4,8,14H,1-2,5-7,9H2;3-6,12H,2H2,1H3,(H2,11,13,14);1H,(H,2,3). The lowest BCUT2D eigenvalue weighted by Gasteiger charge is -2.21. The summed E-state index contributed by atoms with van der Waals surface area (Å²) in [5.41, 5.74) is 5.83. The summed E-state index contributed by atoms with van der Waals surface area (Å²) in [6.45, 7) is 4.68. The van der Waals surface area contributed by atoms with Gasteiger partial charge in [-0.2, -0.15) is 0 Å². The summed E-state index contributed by atoms with van der Waals surface area (Å²) in [5.74, 6) is 0.267. The Morgan fingerprint density at radius 1 is 1.15 bits per heavy atom. The van der Waals surface area contributed by atoms with Crippen LogP contribution in [0.25, 0.3) is 10.9 Å². The second-order valence-corrected chi connectivity index (χ2v) is 9.62. The van der Waals surface area contributed by atoms with E-state index in [1.807, 2.05) is 11.1 Å². The highest BCUT2D eigenvalue weighted by atomic mass is 32.2. The van der Waals surface area contributed by atoms with Crippen molar-refractivity contribution in [3.8, 4) is 0 Å². The zero-order valence-corrected chi connectivity index (χ0v) is 19.9. The monoisotopic (exact) mass is 486 g/mol. The van der Waals surface area contributed by atoms with Crippen LogP contribution < -0.4 is 15.4 Å². The van der Waals surface area contributed by atoms with Crippen molar-refractivity contribution in [3.63, 3.8) is 0 Å². The number of hydrogen-bond donors (Lipinski definition) is 4. The summed E-state index contributed by atoms with van der Waals surface area (Å²) in [7, 11) is -3.61. The van der Waals surface area contributed by atoms with Gasteiger partial charge in [0.1, 0.15) is 0 Å². The third-order valence-electron chi connectivity index (χ3n) is 5.91. The number of amides is 1. The minimum Gasteiger partial charge on any atom is -0.483 e. The summed E-state index contributed by atoms with van der Waals surface area (Å²) in [5, 5.41) is 16.3. The Bertz CT molecular complexity index is 1270. The maximum absolute atomic E-state index is 11.7. The molecule has 10 heteroatoms. The van der Waals surface area contributed by atoms with Gasteiger partial charge in [-0.05, 0) is 66.8 Å². The largest absolute Gasteiger partial charge is 0.483 e. The number of aromatic amines is 1. The summed E-state index contributed by atoms with van der Waals surface area (Å²) < 4.78 is 22.2. The summed E-state index contributed by atoms with van der Waals surface area (Å²) in [4.78, 5) is 25.1. The fourth-order valence-electron chi connectivity index (χ4n) is 4.19. The van der Waals surface area contributed by atoms with Gasteiger partial charge < -0.3 is 20.3 Å². The number of primary sulfonamides is 1. The fraction of sp³-hybridized carbons (Fsp3) is 0.333. The molecule has 1 aromatic heterocycles. The Morgan fingerprint density at radius 2 is 1.91 bits per heavy atom. The van der Waals surface area contributed by atoms with Gasteiger partial charge in [-0.3, -0.25) is 9.59 Å². The van der Waals surface area contributed by atoms with Gasteiger partial charge >= 0.3 is 0 Å². The van der Waals surface area contributed by atoms with Gasteiger partial charge in [-0.25, -0.2) is 13.6 Å². The average Bonchev–Trinajstić information content (AvgIpc) is 3.44. The van der Waals surface area contributed by atoms with E-state index in [1.54, 1.807) is 12.1 Å². The number of H-pyrrole nitrogens is 1. The highest BCUT2D eigenvalue weighted by molar-refractivity contribution is 7.89. The molecule has 0 spiro atoms. The number of benzene rings is 2. The number of rotatable bonds is 3. The lowest BCUT2D eigenvalue weighted by Crippen LogP contribution is -2.26. The highest BCUT2D eigenvalue weighted by Crippen LogP contribution is 2.25. The van der Waals surface area contributed by atoms with Gasteiger partial charge in [-0.15, -0.1) is 0 Å². The van der Waals surface area contributed by atoms with Gasteiger partial charge in [0.25, 0.3) is 6.47 Å². The van der Waals surface area contributed by atoms with Crippen LogP contribution in [0.5, 0.6) is 0 Å². The lowest BCUT2D eigenvalue weighted by molar-refractivity contribution is -0.123. The van der Waals surface area contributed by atoms with Crippen LogP contribution >= 0.6 is 0 Å². The Balaban J connectivity index is 0.000000172. The number of nitrogens with two attached hydrogens (primary N) is 1. The van der Waals surface area contributed by atoms with Crippen LogP contribution in [0.2, 0.25) is 0 Å². The molecule has 0 unspecified atom stereocenters. The number of anilines is 1. The van der Waals surface area contributed by atoms with E-state index in [-0.39, 0.29) is 17.3 Å². The Labute approximate surface area is 199 Å². The van der Waals surface area contributed by atoms with Gasteiger partial charge in [0, 0.05) is 42.3 Å². The number of carbonyl (C=O) groups is 2. The van der Waals surface area contributed by atoms with Crippen LogP contribution in [0.3, 0.4) is 0 Å². The van der Waals surface area contributed by atoms with Gasteiger partial charge in [0.2, 0.25) is 15.9 Å². The molecule has 5 N–H and O–H groups in total. The van der Waals surface area contributed by atoms with E-state index in [0.717, 1.165) is 55.5 Å². The summed E-state index contributed by atoms with van der Waals surface area (Å²) in [6, 6.07) is 11.3. The molecule has 2 aliphatic rings. The maximum Gasteiger partial charge on any atom is 0.290 e. The minimum absolute atomic E-state index is 0.138. The Hall–Kier alpha value is -3.21. The number of nitrogens with one attached hydrogen (secondary N) is 2.